The van der Waals surface area contributed by atoms with Gasteiger partial charge in [-0.05, 0) is 42.3 Å². The normalized spacial score (nSPS) is 10.4. The number of ketones is 1. The molecule has 0 heterocycles. The van der Waals surface area contributed by atoms with Crippen LogP contribution in [0.3, 0.4) is 0 Å². The topological polar surface area (TPSA) is 40.5 Å². The lowest BCUT2D eigenvalue weighted by atomic mass is 10.1. The molecular formula is C17H18FNO2. The Balaban J connectivity index is 2.12. The zero-order valence-corrected chi connectivity index (χ0v) is 12.1. The molecule has 0 saturated heterocycles. The summed E-state index contributed by atoms with van der Waals surface area (Å²) >= 11 is 0. The average Bonchev–Trinajstić information content (AvgIpc) is 2.49. The fourth-order valence-electron chi connectivity index (χ4n) is 2.11. The highest BCUT2D eigenvalue weighted by Crippen LogP contribution is 2.20. The summed E-state index contributed by atoms with van der Waals surface area (Å²) in [4.78, 5) is 13.9. The number of Topliss-reactive ketones (excluding diaryl/α,β-unsaturated/α-hetero) is 1. The Bertz CT molecular complexity index is 638. The van der Waals surface area contributed by atoms with Crippen molar-refractivity contribution in [1.82, 2.24) is 0 Å². The maximum absolute atomic E-state index is 13.2. The average molecular weight is 287 g/mol. The van der Waals surface area contributed by atoms with Gasteiger partial charge < -0.3 is 10.0 Å². The maximum Gasteiger partial charge on any atom is 0.185 e. The molecule has 0 fully saturated rings. The minimum Gasteiger partial charge on any atom is -0.507 e. The molecule has 3 nitrogen and oxygen atoms in total. The minimum absolute atomic E-state index is 0.00651. The molecule has 110 valence electrons. The van der Waals surface area contributed by atoms with Crippen LogP contribution in [0, 0.1) is 5.82 Å². The smallest absolute Gasteiger partial charge is 0.185 e. The molecular weight excluding hydrogens is 269 g/mol. The molecule has 0 aliphatic heterocycles. The van der Waals surface area contributed by atoms with E-state index in [-0.39, 0.29) is 23.6 Å². The Morgan fingerprint density at radius 3 is 2.48 bits per heavy atom. The summed E-state index contributed by atoms with van der Waals surface area (Å²) in [5.74, 6) is -1.06. The fraction of sp³-hybridized carbons (Fsp3) is 0.235. The highest BCUT2D eigenvalue weighted by molar-refractivity contribution is 6.01. The number of hydrogen-bond donors (Lipinski definition) is 1. The minimum atomic E-state index is -0.536. The lowest BCUT2D eigenvalue weighted by Crippen LogP contribution is -2.25. The van der Waals surface area contributed by atoms with Gasteiger partial charge in [0, 0.05) is 12.7 Å². The number of aromatic hydroxyl groups is 1. The van der Waals surface area contributed by atoms with Crippen LogP contribution in [-0.2, 0) is 6.42 Å². The van der Waals surface area contributed by atoms with Gasteiger partial charge in [0.2, 0.25) is 0 Å². The fourth-order valence-corrected chi connectivity index (χ4v) is 2.11. The Hall–Kier alpha value is -2.36. The molecule has 0 unspecified atom stereocenters. The second kappa shape index (κ2) is 6.39. The Morgan fingerprint density at radius 2 is 1.86 bits per heavy atom. The molecule has 0 amide bonds. The van der Waals surface area contributed by atoms with E-state index in [2.05, 4.69) is 6.92 Å². The van der Waals surface area contributed by atoms with E-state index in [1.54, 1.807) is 11.9 Å². The first-order chi connectivity index (χ1) is 10.0. The van der Waals surface area contributed by atoms with E-state index < -0.39 is 5.82 Å². The van der Waals surface area contributed by atoms with E-state index in [9.17, 15) is 14.3 Å². The van der Waals surface area contributed by atoms with Gasteiger partial charge in [-0.2, -0.15) is 0 Å². The molecule has 0 aromatic heterocycles. The second-order valence-electron chi connectivity index (χ2n) is 4.96. The molecule has 2 rings (SSSR count). The van der Waals surface area contributed by atoms with Crippen molar-refractivity contribution in [3.63, 3.8) is 0 Å². The highest BCUT2D eigenvalue weighted by Gasteiger charge is 2.14. The lowest BCUT2D eigenvalue weighted by Gasteiger charge is -2.19. The number of carbonyl (C=O) groups is 1. The van der Waals surface area contributed by atoms with E-state index in [0.29, 0.717) is 0 Å². The van der Waals surface area contributed by atoms with Gasteiger partial charge in [0.25, 0.3) is 0 Å². The van der Waals surface area contributed by atoms with Gasteiger partial charge in [-0.15, -0.1) is 0 Å². The first-order valence-electron chi connectivity index (χ1n) is 6.83. The first-order valence-corrected chi connectivity index (χ1v) is 6.83. The predicted molar refractivity (Wildman–Crippen MR) is 81.5 cm³/mol. The van der Waals surface area contributed by atoms with E-state index in [1.807, 2.05) is 24.3 Å². The van der Waals surface area contributed by atoms with Crippen LogP contribution in [0.5, 0.6) is 5.75 Å². The molecule has 0 spiro atoms. The summed E-state index contributed by atoms with van der Waals surface area (Å²) in [7, 11) is 1.79. The molecule has 1 N–H and O–H groups in total. The first kappa shape index (κ1) is 15.0. The summed E-state index contributed by atoms with van der Waals surface area (Å²) in [6, 6.07) is 11.3. The summed E-state index contributed by atoms with van der Waals surface area (Å²) < 4.78 is 13.2. The number of aryl methyl sites for hydroxylation is 1. The monoisotopic (exact) mass is 287 g/mol. The molecule has 2 aromatic rings. The maximum atomic E-state index is 13.2. The number of benzene rings is 2. The van der Waals surface area contributed by atoms with Gasteiger partial charge in [0.15, 0.2) is 5.78 Å². The van der Waals surface area contributed by atoms with Crippen molar-refractivity contribution in [2.24, 2.45) is 0 Å². The van der Waals surface area contributed by atoms with Crippen LogP contribution in [0.25, 0.3) is 0 Å². The third-order valence-corrected chi connectivity index (χ3v) is 3.43. The number of nitrogens with zero attached hydrogens (tertiary/aromatic N) is 1. The molecule has 0 atom stereocenters. The number of phenolic OH excluding ortho intramolecular Hbond substituents is 1. The lowest BCUT2D eigenvalue weighted by molar-refractivity contribution is 0.0997. The van der Waals surface area contributed by atoms with Gasteiger partial charge in [-0.1, -0.05) is 19.1 Å². The van der Waals surface area contributed by atoms with Crippen LogP contribution in [0.1, 0.15) is 22.8 Å². The number of rotatable bonds is 5. The number of anilines is 1. The van der Waals surface area contributed by atoms with Gasteiger partial charge in [0.05, 0.1) is 12.1 Å². The van der Waals surface area contributed by atoms with E-state index in [0.717, 1.165) is 24.2 Å². The van der Waals surface area contributed by atoms with Gasteiger partial charge in [-0.25, -0.2) is 4.39 Å². The van der Waals surface area contributed by atoms with Crippen LogP contribution in [0.2, 0.25) is 0 Å². The summed E-state index contributed by atoms with van der Waals surface area (Å²) in [6.07, 6.45) is 0.958. The number of hydrogen-bond acceptors (Lipinski definition) is 3. The van der Waals surface area contributed by atoms with Crippen molar-refractivity contribution in [1.29, 1.82) is 0 Å². The van der Waals surface area contributed by atoms with Crippen LogP contribution >= 0.6 is 0 Å². The quantitative estimate of drug-likeness (QED) is 0.857. The van der Waals surface area contributed by atoms with Crippen molar-refractivity contribution < 1.29 is 14.3 Å². The molecule has 21 heavy (non-hydrogen) atoms. The van der Waals surface area contributed by atoms with E-state index >= 15 is 0 Å². The Morgan fingerprint density at radius 1 is 1.19 bits per heavy atom. The van der Waals surface area contributed by atoms with Gasteiger partial charge in [-0.3, -0.25) is 4.79 Å². The van der Waals surface area contributed by atoms with Crippen molar-refractivity contribution >= 4 is 11.5 Å². The van der Waals surface area contributed by atoms with E-state index in [4.69, 9.17) is 0 Å². The van der Waals surface area contributed by atoms with Gasteiger partial charge in [0.1, 0.15) is 11.6 Å². The van der Waals surface area contributed by atoms with Crippen molar-refractivity contribution in [3.8, 4) is 5.75 Å². The largest absolute Gasteiger partial charge is 0.507 e. The molecule has 2 aromatic carbocycles. The van der Waals surface area contributed by atoms with Crippen LogP contribution in [0.4, 0.5) is 10.1 Å². The standard InChI is InChI=1S/C17H18FNO2/c1-3-12-4-7-14(8-5-12)19(2)11-17(21)15-10-13(18)6-9-16(15)20/h4-10,20H,3,11H2,1-2H3. The van der Waals surface area contributed by atoms with Crippen LogP contribution < -0.4 is 4.90 Å². The third kappa shape index (κ3) is 3.60. The highest BCUT2D eigenvalue weighted by atomic mass is 19.1. The zero-order valence-electron chi connectivity index (χ0n) is 12.1. The number of halogens is 1. The summed E-state index contributed by atoms with van der Waals surface area (Å²) in [5.41, 5.74) is 2.13. The van der Waals surface area contributed by atoms with Crippen LogP contribution in [-0.4, -0.2) is 24.5 Å². The molecule has 0 saturated carbocycles. The summed E-state index contributed by atoms with van der Waals surface area (Å²) in [5, 5.41) is 9.65. The third-order valence-electron chi connectivity index (χ3n) is 3.43. The van der Waals surface area contributed by atoms with Crippen molar-refractivity contribution in [3.05, 3.63) is 59.4 Å². The number of carbonyl (C=O) groups excluding carboxylic acids is 1. The molecule has 4 heteroatoms. The molecule has 0 aliphatic carbocycles. The SMILES string of the molecule is CCc1ccc(N(C)CC(=O)c2cc(F)ccc2O)cc1. The molecule has 0 radical (unpaired) electrons. The molecule has 0 bridgehead atoms. The molecule has 0 aliphatic rings. The Labute approximate surface area is 123 Å². The van der Waals surface area contributed by atoms with E-state index in [1.165, 1.54) is 11.6 Å². The Kier molecular flexibility index (Phi) is 4.58. The summed E-state index contributed by atoms with van der Waals surface area (Å²) in [6.45, 7) is 2.15. The number of likely N-dealkylation sites (N-methyl/N-ethyl adjacent to an activating group) is 1. The predicted octanol–water partition coefficient (Wildman–Crippen LogP) is 3.41. The zero-order chi connectivity index (χ0) is 15.4. The van der Waals surface area contributed by atoms with Crippen LogP contribution in [0.15, 0.2) is 42.5 Å². The van der Waals surface area contributed by atoms with Crippen molar-refractivity contribution in [2.45, 2.75) is 13.3 Å². The van der Waals surface area contributed by atoms with Gasteiger partial charge >= 0.3 is 0 Å². The second-order valence-corrected chi connectivity index (χ2v) is 4.96. The van der Waals surface area contributed by atoms with Crippen molar-refractivity contribution in [2.75, 3.05) is 18.5 Å². The number of phenols is 1.